The largest absolute Gasteiger partial charge is 0.445 e. The molecule has 2 amide bonds. The molecule has 6 rings (SSSR count). The first kappa shape index (κ1) is 23.8. The molecule has 190 valence electrons. The minimum absolute atomic E-state index is 0.332. The van der Waals surface area contributed by atoms with Gasteiger partial charge in [-0.05, 0) is 41.3 Å². The van der Waals surface area contributed by atoms with Crippen LogP contribution in [0.5, 0.6) is 0 Å². The lowest BCUT2D eigenvalue weighted by atomic mass is 9.98. The van der Waals surface area contributed by atoms with Gasteiger partial charge in [0.2, 0.25) is 5.89 Å². The Morgan fingerprint density at radius 1 is 0.868 bits per heavy atom. The van der Waals surface area contributed by atoms with Crippen molar-refractivity contribution in [1.82, 2.24) is 14.9 Å². The van der Waals surface area contributed by atoms with Crippen LogP contribution in [0.3, 0.4) is 0 Å². The van der Waals surface area contributed by atoms with Gasteiger partial charge in [0.15, 0.2) is 0 Å². The Labute approximate surface area is 220 Å². The lowest BCUT2D eigenvalue weighted by molar-refractivity contribution is 0.0336. The Kier molecular flexibility index (Phi) is 6.80. The van der Waals surface area contributed by atoms with E-state index in [9.17, 15) is 4.79 Å². The van der Waals surface area contributed by atoms with Gasteiger partial charge in [0, 0.05) is 48.0 Å². The fraction of sp³-hybridized carbons (Fsp3) is 0.167. The topological polar surface area (TPSA) is 92.5 Å². The van der Waals surface area contributed by atoms with Crippen molar-refractivity contribution in [2.45, 2.75) is 6.54 Å². The van der Waals surface area contributed by atoms with Crippen LogP contribution in [-0.2, 0) is 11.3 Å². The molecule has 1 aliphatic heterocycles. The van der Waals surface area contributed by atoms with E-state index >= 15 is 0 Å². The van der Waals surface area contributed by atoms with Gasteiger partial charge in [0.05, 0.1) is 30.8 Å². The zero-order valence-electron chi connectivity index (χ0n) is 20.8. The number of carbonyl (C=O) groups is 1. The number of fused-ring (bicyclic) bond motifs is 1. The number of ether oxygens (including phenoxy) is 1. The average molecular weight is 506 g/mol. The molecule has 2 N–H and O–H groups in total. The monoisotopic (exact) mass is 505 g/mol. The maximum absolute atomic E-state index is 12.9. The van der Waals surface area contributed by atoms with Gasteiger partial charge in [-0.3, -0.25) is 9.88 Å². The van der Waals surface area contributed by atoms with Crippen molar-refractivity contribution >= 4 is 28.2 Å². The molecule has 0 spiro atoms. The van der Waals surface area contributed by atoms with Crippen LogP contribution in [-0.4, -0.2) is 47.2 Å². The molecule has 3 aromatic carbocycles. The first-order chi connectivity index (χ1) is 18.7. The molecule has 0 aliphatic carbocycles. The number of amides is 2. The number of urea groups is 1. The highest BCUT2D eigenvalue weighted by Crippen LogP contribution is 2.33. The molecule has 0 saturated carbocycles. The second kappa shape index (κ2) is 10.8. The molecule has 0 unspecified atom stereocenters. The van der Waals surface area contributed by atoms with Crippen LogP contribution in [0.4, 0.5) is 16.2 Å². The van der Waals surface area contributed by atoms with E-state index in [1.54, 1.807) is 6.20 Å². The third kappa shape index (κ3) is 5.27. The Balaban J connectivity index is 1.20. The van der Waals surface area contributed by atoms with Crippen molar-refractivity contribution in [3.05, 3.63) is 97.1 Å². The van der Waals surface area contributed by atoms with Crippen molar-refractivity contribution in [1.29, 1.82) is 0 Å². The standard InChI is InChI=1S/C30H27N5O3/c36-30(33-23-5-3-4-21(18-23)29-31-12-15-38-29)34-28-11-10-25(26-6-1-2-7-27(26)28)22-8-9-24(32-19-22)20-35-13-16-37-17-14-35/h1-12,15,18-19H,13-14,16-17,20H2,(H2,33,34,36). The number of nitrogens with zero attached hydrogens (tertiary/aromatic N) is 3. The minimum atomic E-state index is -0.332. The van der Waals surface area contributed by atoms with E-state index in [0.29, 0.717) is 11.6 Å². The van der Waals surface area contributed by atoms with Crippen LogP contribution >= 0.6 is 0 Å². The maximum Gasteiger partial charge on any atom is 0.323 e. The molecular weight excluding hydrogens is 478 g/mol. The van der Waals surface area contributed by atoms with E-state index in [4.69, 9.17) is 14.1 Å². The summed E-state index contributed by atoms with van der Waals surface area (Å²) in [5, 5.41) is 7.89. The van der Waals surface area contributed by atoms with Crippen LogP contribution in [0.1, 0.15) is 5.69 Å². The number of morpholine rings is 1. The Hall–Kier alpha value is -4.53. The van der Waals surface area contributed by atoms with Gasteiger partial charge in [-0.2, -0.15) is 0 Å². The molecule has 1 fully saturated rings. The number of oxazole rings is 1. The van der Waals surface area contributed by atoms with Gasteiger partial charge in [0.25, 0.3) is 0 Å². The van der Waals surface area contributed by atoms with E-state index in [2.05, 4.69) is 38.7 Å². The predicted molar refractivity (Wildman–Crippen MR) is 148 cm³/mol. The highest BCUT2D eigenvalue weighted by atomic mass is 16.5. The maximum atomic E-state index is 12.9. The molecule has 1 saturated heterocycles. The van der Waals surface area contributed by atoms with Gasteiger partial charge in [0.1, 0.15) is 6.26 Å². The molecule has 8 heteroatoms. The summed E-state index contributed by atoms with van der Waals surface area (Å²) in [6, 6.07) is 23.3. The quantitative estimate of drug-likeness (QED) is 0.293. The number of carbonyl (C=O) groups excluding carboxylic acids is 1. The summed E-state index contributed by atoms with van der Waals surface area (Å²) in [6.45, 7) is 4.24. The van der Waals surface area contributed by atoms with Crippen molar-refractivity contribution < 1.29 is 13.9 Å². The molecule has 5 aromatic rings. The van der Waals surface area contributed by atoms with E-state index in [1.807, 2.05) is 60.8 Å². The summed E-state index contributed by atoms with van der Waals surface area (Å²) in [5.41, 5.74) is 5.29. The molecule has 0 atom stereocenters. The highest BCUT2D eigenvalue weighted by Gasteiger charge is 2.14. The molecule has 38 heavy (non-hydrogen) atoms. The smallest absolute Gasteiger partial charge is 0.323 e. The summed E-state index contributed by atoms with van der Waals surface area (Å²) in [5.74, 6) is 0.499. The molecule has 1 aliphatic rings. The molecule has 8 nitrogen and oxygen atoms in total. The lowest BCUT2D eigenvalue weighted by Crippen LogP contribution is -2.35. The number of nitrogens with one attached hydrogen (secondary N) is 2. The number of rotatable bonds is 6. The van der Waals surface area contributed by atoms with Crippen LogP contribution in [0.15, 0.2) is 95.9 Å². The Bertz CT molecular complexity index is 1540. The molecule has 2 aromatic heterocycles. The molecule has 3 heterocycles. The first-order valence-electron chi connectivity index (χ1n) is 12.6. The summed E-state index contributed by atoms with van der Waals surface area (Å²) in [6.07, 6.45) is 5.04. The number of hydrogen-bond acceptors (Lipinski definition) is 6. The van der Waals surface area contributed by atoms with Crippen molar-refractivity contribution in [2.75, 3.05) is 36.9 Å². The normalized spacial score (nSPS) is 13.9. The zero-order valence-corrected chi connectivity index (χ0v) is 20.8. The van der Waals surface area contributed by atoms with Crippen molar-refractivity contribution in [3.63, 3.8) is 0 Å². The molecule has 0 bridgehead atoms. The zero-order chi connectivity index (χ0) is 25.7. The van der Waals surface area contributed by atoms with E-state index in [-0.39, 0.29) is 6.03 Å². The lowest BCUT2D eigenvalue weighted by Gasteiger charge is -2.26. The van der Waals surface area contributed by atoms with Gasteiger partial charge in [-0.1, -0.05) is 42.5 Å². The third-order valence-corrected chi connectivity index (χ3v) is 6.60. The summed E-state index contributed by atoms with van der Waals surface area (Å²) >= 11 is 0. The van der Waals surface area contributed by atoms with Crippen LogP contribution in [0.25, 0.3) is 33.4 Å². The van der Waals surface area contributed by atoms with Gasteiger partial charge in [-0.25, -0.2) is 9.78 Å². The summed E-state index contributed by atoms with van der Waals surface area (Å²) in [7, 11) is 0. The number of hydrogen-bond donors (Lipinski definition) is 2. The number of benzene rings is 3. The van der Waals surface area contributed by atoms with E-state index in [1.165, 1.54) is 6.26 Å². The fourth-order valence-electron chi connectivity index (χ4n) is 4.71. The predicted octanol–water partition coefficient (Wildman–Crippen LogP) is 6.03. The second-order valence-electron chi connectivity index (χ2n) is 9.13. The summed E-state index contributed by atoms with van der Waals surface area (Å²) < 4.78 is 10.8. The Morgan fingerprint density at radius 3 is 2.53 bits per heavy atom. The van der Waals surface area contributed by atoms with E-state index < -0.39 is 0 Å². The fourth-order valence-corrected chi connectivity index (χ4v) is 4.71. The van der Waals surface area contributed by atoms with Crippen LogP contribution < -0.4 is 10.6 Å². The van der Waals surface area contributed by atoms with Gasteiger partial charge < -0.3 is 19.8 Å². The highest BCUT2D eigenvalue weighted by molar-refractivity contribution is 6.09. The Morgan fingerprint density at radius 2 is 1.74 bits per heavy atom. The number of anilines is 2. The van der Waals surface area contributed by atoms with Crippen molar-refractivity contribution in [2.24, 2.45) is 0 Å². The average Bonchev–Trinajstić information content (AvgIpc) is 3.50. The molecule has 0 radical (unpaired) electrons. The van der Waals surface area contributed by atoms with E-state index in [0.717, 1.165) is 71.7 Å². The summed E-state index contributed by atoms with van der Waals surface area (Å²) in [4.78, 5) is 24.1. The van der Waals surface area contributed by atoms with Crippen molar-refractivity contribution in [3.8, 4) is 22.6 Å². The first-order valence-corrected chi connectivity index (χ1v) is 12.6. The van der Waals surface area contributed by atoms with Crippen LogP contribution in [0, 0.1) is 0 Å². The minimum Gasteiger partial charge on any atom is -0.445 e. The van der Waals surface area contributed by atoms with Gasteiger partial charge in [-0.15, -0.1) is 0 Å². The van der Waals surface area contributed by atoms with Crippen LogP contribution in [0.2, 0.25) is 0 Å². The van der Waals surface area contributed by atoms with Gasteiger partial charge >= 0.3 is 6.03 Å². The second-order valence-corrected chi connectivity index (χ2v) is 9.13. The molecular formula is C30H27N5O3. The number of pyridine rings is 1. The SMILES string of the molecule is O=C(Nc1cccc(-c2ncco2)c1)Nc1ccc(-c2ccc(CN3CCOCC3)nc2)c2ccccc12. The third-order valence-electron chi connectivity index (χ3n) is 6.60. The number of aromatic nitrogens is 2.